The molecule has 0 bridgehead atoms. The first-order valence-corrected chi connectivity index (χ1v) is 7.11. The van der Waals surface area contributed by atoms with Crippen LogP contribution in [-0.2, 0) is 14.8 Å². The highest BCUT2D eigenvalue weighted by Crippen LogP contribution is 2.23. The molecule has 100 valence electrons. The van der Waals surface area contributed by atoms with Crippen molar-refractivity contribution in [2.75, 3.05) is 13.1 Å². The molecule has 1 heterocycles. The smallest absolute Gasteiger partial charge is 0.244 e. The monoisotopic (exact) mass is 282 g/mol. The summed E-state index contributed by atoms with van der Waals surface area (Å²) in [4.78, 5) is 10.8. The summed E-state index contributed by atoms with van der Waals surface area (Å²) in [6.45, 7) is 0.144. The van der Waals surface area contributed by atoms with Gasteiger partial charge in [-0.3, -0.25) is 4.79 Å². The van der Waals surface area contributed by atoms with Crippen LogP contribution in [0.25, 0.3) is 0 Å². The van der Waals surface area contributed by atoms with E-state index in [2.05, 4.69) is 0 Å². The quantitative estimate of drug-likeness (QED) is 0.812. The lowest BCUT2D eigenvalue weighted by Gasteiger charge is -2.25. The lowest BCUT2D eigenvalue weighted by Crippen LogP contribution is -2.38. The first-order chi connectivity index (χ1) is 8.96. The van der Waals surface area contributed by atoms with Crippen molar-refractivity contribution in [3.8, 4) is 6.07 Å². The summed E-state index contributed by atoms with van der Waals surface area (Å²) in [6.07, 6.45) is 0.298. The number of sulfonamides is 1. The number of carbonyl (C=O) groups excluding carboxylic acids is 1. The van der Waals surface area contributed by atoms with Crippen LogP contribution in [0, 0.1) is 17.1 Å². The van der Waals surface area contributed by atoms with Crippen LogP contribution in [0.4, 0.5) is 4.39 Å². The molecule has 0 spiro atoms. The van der Waals surface area contributed by atoms with E-state index in [-0.39, 0.29) is 36.6 Å². The average molecular weight is 282 g/mol. The second kappa shape index (κ2) is 5.07. The van der Waals surface area contributed by atoms with Gasteiger partial charge in [0.15, 0.2) is 0 Å². The van der Waals surface area contributed by atoms with Crippen LogP contribution in [0.5, 0.6) is 0 Å². The summed E-state index contributed by atoms with van der Waals surface area (Å²) < 4.78 is 39.2. The Morgan fingerprint density at radius 3 is 2.47 bits per heavy atom. The van der Waals surface area contributed by atoms with Crippen molar-refractivity contribution >= 4 is 15.8 Å². The topological polar surface area (TPSA) is 78.2 Å². The van der Waals surface area contributed by atoms with Crippen molar-refractivity contribution in [2.45, 2.75) is 17.7 Å². The minimum atomic E-state index is -3.93. The minimum Gasteiger partial charge on any atom is -0.300 e. The third-order valence-corrected chi connectivity index (χ3v) is 4.93. The molecule has 0 aliphatic carbocycles. The standard InChI is InChI=1S/C12H11FN2O3S/c13-11-2-1-3-12(10(11)8-14)19(17,18)15-6-4-9(16)5-7-15/h1-3H,4-7H2. The van der Waals surface area contributed by atoms with Gasteiger partial charge in [-0.1, -0.05) is 6.07 Å². The molecule has 1 aromatic rings. The molecule has 1 saturated heterocycles. The fourth-order valence-corrected chi connectivity index (χ4v) is 3.54. The molecule has 0 aromatic heterocycles. The van der Waals surface area contributed by atoms with E-state index in [9.17, 15) is 17.6 Å². The molecule has 1 aliphatic rings. The van der Waals surface area contributed by atoms with Crippen molar-refractivity contribution in [1.82, 2.24) is 4.31 Å². The Labute approximate surface area is 110 Å². The van der Waals surface area contributed by atoms with Crippen molar-refractivity contribution in [3.63, 3.8) is 0 Å². The van der Waals surface area contributed by atoms with Gasteiger partial charge in [-0.15, -0.1) is 0 Å². The van der Waals surface area contributed by atoms with Gasteiger partial charge < -0.3 is 0 Å². The van der Waals surface area contributed by atoms with Gasteiger partial charge in [0.25, 0.3) is 0 Å². The summed E-state index contributed by atoms with van der Waals surface area (Å²) >= 11 is 0. The third-order valence-electron chi connectivity index (χ3n) is 2.99. The zero-order valence-electron chi connectivity index (χ0n) is 9.97. The van der Waals surface area contributed by atoms with Gasteiger partial charge in [-0.25, -0.2) is 12.8 Å². The fraction of sp³-hybridized carbons (Fsp3) is 0.333. The number of benzene rings is 1. The summed E-state index contributed by atoms with van der Waals surface area (Å²) in [5.41, 5.74) is -0.487. The lowest BCUT2D eigenvalue weighted by atomic mass is 10.1. The number of hydrogen-bond acceptors (Lipinski definition) is 4. The van der Waals surface area contributed by atoms with E-state index in [1.165, 1.54) is 12.1 Å². The Hall–Kier alpha value is -1.78. The first-order valence-electron chi connectivity index (χ1n) is 5.67. The predicted octanol–water partition coefficient (Wildman–Crippen LogP) is 1.05. The van der Waals surface area contributed by atoms with Crippen molar-refractivity contribution < 1.29 is 17.6 Å². The highest BCUT2D eigenvalue weighted by Gasteiger charge is 2.31. The Morgan fingerprint density at radius 2 is 1.89 bits per heavy atom. The Bertz CT molecular complexity index is 654. The SMILES string of the molecule is N#Cc1c(F)cccc1S(=O)(=O)N1CCC(=O)CC1. The third kappa shape index (κ3) is 2.50. The molecule has 5 nitrogen and oxygen atoms in total. The lowest BCUT2D eigenvalue weighted by molar-refractivity contribution is -0.120. The number of rotatable bonds is 2. The predicted molar refractivity (Wildman–Crippen MR) is 64.1 cm³/mol. The van der Waals surface area contributed by atoms with Crippen LogP contribution in [-0.4, -0.2) is 31.6 Å². The van der Waals surface area contributed by atoms with Gasteiger partial charge in [-0.05, 0) is 12.1 Å². The molecule has 2 rings (SSSR count). The molecule has 1 fully saturated rings. The number of nitrogens with zero attached hydrogens (tertiary/aromatic N) is 2. The molecular weight excluding hydrogens is 271 g/mol. The van der Waals surface area contributed by atoms with Gasteiger partial charge in [0, 0.05) is 25.9 Å². The van der Waals surface area contributed by atoms with Crippen LogP contribution in [0.3, 0.4) is 0 Å². The van der Waals surface area contributed by atoms with E-state index in [0.29, 0.717) is 0 Å². The number of Topliss-reactive ketones (excluding diaryl/α,β-unsaturated/α-hetero) is 1. The van der Waals surface area contributed by atoms with Crippen LogP contribution >= 0.6 is 0 Å². The highest BCUT2D eigenvalue weighted by molar-refractivity contribution is 7.89. The Kier molecular flexibility index (Phi) is 3.64. The molecule has 0 saturated carbocycles. The number of ketones is 1. The Morgan fingerprint density at radius 1 is 1.26 bits per heavy atom. The minimum absolute atomic E-state index is 0.00574. The van der Waals surface area contributed by atoms with Crippen LogP contribution < -0.4 is 0 Å². The van der Waals surface area contributed by atoms with Gasteiger partial charge in [0.1, 0.15) is 28.1 Å². The van der Waals surface area contributed by atoms with E-state index in [4.69, 9.17) is 5.26 Å². The normalized spacial score (nSPS) is 17.2. The molecule has 0 unspecified atom stereocenters. The zero-order chi connectivity index (χ0) is 14.0. The zero-order valence-corrected chi connectivity index (χ0v) is 10.8. The number of nitriles is 1. The van der Waals surface area contributed by atoms with Gasteiger partial charge in [0.05, 0.1) is 0 Å². The number of halogens is 1. The maximum atomic E-state index is 13.5. The second-order valence-electron chi connectivity index (χ2n) is 4.17. The molecule has 0 amide bonds. The fourth-order valence-electron chi connectivity index (χ4n) is 1.94. The average Bonchev–Trinajstić information content (AvgIpc) is 2.39. The van der Waals surface area contributed by atoms with Crippen molar-refractivity contribution in [2.24, 2.45) is 0 Å². The molecule has 0 N–H and O–H groups in total. The van der Waals surface area contributed by atoms with Crippen molar-refractivity contribution in [1.29, 1.82) is 5.26 Å². The molecule has 0 radical (unpaired) electrons. The first kappa shape index (κ1) is 13.6. The second-order valence-corrected chi connectivity index (χ2v) is 6.07. The van der Waals surface area contributed by atoms with Crippen LogP contribution in [0.1, 0.15) is 18.4 Å². The number of piperidine rings is 1. The Balaban J connectivity index is 2.43. The summed E-state index contributed by atoms with van der Waals surface area (Å²) in [6, 6.07) is 5.06. The summed E-state index contributed by atoms with van der Waals surface area (Å²) in [7, 11) is -3.93. The number of carbonyl (C=O) groups is 1. The molecular formula is C12H11FN2O3S. The molecule has 19 heavy (non-hydrogen) atoms. The van der Waals surface area contributed by atoms with Crippen LogP contribution in [0.15, 0.2) is 23.1 Å². The summed E-state index contributed by atoms with van der Waals surface area (Å²) in [5.74, 6) is -0.858. The van der Waals surface area contributed by atoms with E-state index in [1.807, 2.05) is 0 Å². The maximum absolute atomic E-state index is 13.5. The van der Waals surface area contributed by atoms with Gasteiger partial charge >= 0.3 is 0 Å². The molecule has 1 aromatic carbocycles. The van der Waals surface area contributed by atoms with E-state index >= 15 is 0 Å². The summed E-state index contributed by atoms with van der Waals surface area (Å²) in [5, 5.41) is 8.88. The molecule has 1 aliphatic heterocycles. The van der Waals surface area contributed by atoms with Crippen LogP contribution in [0.2, 0.25) is 0 Å². The van der Waals surface area contributed by atoms with E-state index in [0.717, 1.165) is 10.4 Å². The van der Waals surface area contributed by atoms with Crippen molar-refractivity contribution in [3.05, 3.63) is 29.6 Å². The van der Waals surface area contributed by atoms with Gasteiger partial charge in [0.2, 0.25) is 10.0 Å². The van der Waals surface area contributed by atoms with E-state index < -0.39 is 21.4 Å². The highest BCUT2D eigenvalue weighted by atomic mass is 32.2. The molecule has 0 atom stereocenters. The van der Waals surface area contributed by atoms with E-state index in [1.54, 1.807) is 6.07 Å². The largest absolute Gasteiger partial charge is 0.300 e. The maximum Gasteiger partial charge on any atom is 0.244 e. The molecule has 7 heteroatoms. The van der Waals surface area contributed by atoms with Gasteiger partial charge in [-0.2, -0.15) is 9.57 Å². The number of hydrogen-bond donors (Lipinski definition) is 0.